The highest BCUT2D eigenvalue weighted by molar-refractivity contribution is 7.09. The van der Waals surface area contributed by atoms with Crippen LogP contribution in [0.5, 0.6) is 0 Å². The first-order valence-corrected chi connectivity index (χ1v) is 7.36. The van der Waals surface area contributed by atoms with Crippen LogP contribution in [0.1, 0.15) is 28.6 Å². The van der Waals surface area contributed by atoms with Gasteiger partial charge in [0.25, 0.3) is 0 Å². The fourth-order valence-electron chi connectivity index (χ4n) is 1.83. The Bertz CT molecular complexity index is 561. The molecule has 0 radical (unpaired) electrons. The van der Waals surface area contributed by atoms with Crippen LogP contribution in [-0.2, 0) is 16.0 Å². The van der Waals surface area contributed by atoms with Crippen molar-refractivity contribution in [1.29, 1.82) is 0 Å². The summed E-state index contributed by atoms with van der Waals surface area (Å²) in [5.41, 5.74) is 0.561. The number of ketones is 1. The third-order valence-corrected chi connectivity index (χ3v) is 3.83. The molecule has 2 rings (SSSR count). The van der Waals surface area contributed by atoms with Crippen LogP contribution in [0, 0.1) is 0 Å². The zero-order valence-electron chi connectivity index (χ0n) is 11.2. The van der Waals surface area contributed by atoms with Gasteiger partial charge in [0.2, 0.25) is 5.78 Å². The maximum absolute atomic E-state index is 12.0. The van der Waals surface area contributed by atoms with Gasteiger partial charge in [0.1, 0.15) is 0 Å². The number of esters is 1. The highest BCUT2D eigenvalue weighted by atomic mass is 32.1. The highest BCUT2D eigenvalue weighted by Crippen LogP contribution is 2.12. The number of rotatable bonds is 6. The van der Waals surface area contributed by atoms with Gasteiger partial charge in [-0.25, -0.2) is 0 Å². The van der Waals surface area contributed by atoms with Crippen LogP contribution < -0.4 is 0 Å². The Morgan fingerprint density at radius 1 is 1.15 bits per heavy atom. The Balaban J connectivity index is 1.83. The van der Waals surface area contributed by atoms with Crippen LogP contribution in [0.25, 0.3) is 0 Å². The molecule has 20 heavy (non-hydrogen) atoms. The van der Waals surface area contributed by atoms with Crippen molar-refractivity contribution in [1.82, 2.24) is 0 Å². The van der Waals surface area contributed by atoms with Crippen LogP contribution in [0.15, 0.2) is 47.8 Å². The van der Waals surface area contributed by atoms with E-state index in [2.05, 4.69) is 0 Å². The second-order valence-electron chi connectivity index (χ2n) is 4.44. The van der Waals surface area contributed by atoms with Crippen molar-refractivity contribution >= 4 is 23.1 Å². The summed E-state index contributed by atoms with van der Waals surface area (Å²) in [6, 6.07) is 12.8. The monoisotopic (exact) mass is 288 g/mol. The van der Waals surface area contributed by atoms with Gasteiger partial charge in [-0.05, 0) is 24.8 Å². The lowest BCUT2D eigenvalue weighted by Crippen LogP contribution is -2.24. The molecule has 0 bridgehead atoms. The van der Waals surface area contributed by atoms with E-state index < -0.39 is 6.10 Å². The van der Waals surface area contributed by atoms with Gasteiger partial charge in [-0.1, -0.05) is 36.4 Å². The van der Waals surface area contributed by atoms with Crippen molar-refractivity contribution in [3.63, 3.8) is 0 Å². The molecule has 1 aromatic heterocycles. The molecule has 0 saturated carbocycles. The molecule has 1 aromatic carbocycles. The maximum Gasteiger partial charge on any atom is 0.306 e. The van der Waals surface area contributed by atoms with E-state index in [1.54, 1.807) is 42.5 Å². The minimum absolute atomic E-state index is 0.171. The Morgan fingerprint density at radius 3 is 2.55 bits per heavy atom. The third kappa shape index (κ3) is 4.03. The molecule has 0 aliphatic heterocycles. The second kappa shape index (κ2) is 7.01. The predicted octanol–water partition coefficient (Wildman–Crippen LogP) is 3.50. The number of hydrogen-bond acceptors (Lipinski definition) is 4. The van der Waals surface area contributed by atoms with Gasteiger partial charge in [-0.3, -0.25) is 9.59 Å². The fraction of sp³-hybridized carbons (Fsp3) is 0.250. The van der Waals surface area contributed by atoms with E-state index in [1.165, 1.54) is 0 Å². The zero-order valence-corrected chi connectivity index (χ0v) is 12.1. The lowest BCUT2D eigenvalue weighted by molar-refractivity contribution is -0.146. The largest absolute Gasteiger partial charge is 0.454 e. The van der Waals surface area contributed by atoms with Crippen molar-refractivity contribution in [3.8, 4) is 0 Å². The van der Waals surface area contributed by atoms with Crippen molar-refractivity contribution in [2.45, 2.75) is 25.9 Å². The molecule has 0 N–H and O–H groups in total. The van der Waals surface area contributed by atoms with E-state index in [4.69, 9.17) is 4.74 Å². The van der Waals surface area contributed by atoms with Crippen LogP contribution in [0.3, 0.4) is 0 Å². The molecule has 1 heterocycles. The summed E-state index contributed by atoms with van der Waals surface area (Å²) in [4.78, 5) is 24.9. The van der Waals surface area contributed by atoms with Crippen molar-refractivity contribution in [3.05, 3.63) is 58.3 Å². The number of benzene rings is 1. The summed E-state index contributed by atoms with van der Waals surface area (Å²) in [5.74, 6) is -0.509. The summed E-state index contributed by atoms with van der Waals surface area (Å²) in [5, 5.41) is 1.97. The van der Waals surface area contributed by atoms with Crippen molar-refractivity contribution in [2.24, 2.45) is 0 Å². The van der Waals surface area contributed by atoms with Crippen LogP contribution in [-0.4, -0.2) is 17.9 Å². The van der Waals surface area contributed by atoms with E-state index in [1.807, 2.05) is 23.6 Å². The van der Waals surface area contributed by atoms with E-state index >= 15 is 0 Å². The standard InChI is InChI=1S/C16H16O3S/c1-12(16(18)13-6-3-2-4-7-13)19-15(17)10-9-14-8-5-11-20-14/h2-8,11-12H,9-10H2,1H3. The number of carbonyl (C=O) groups is 2. The summed E-state index contributed by atoms with van der Waals surface area (Å²) in [6.45, 7) is 1.61. The zero-order chi connectivity index (χ0) is 14.4. The maximum atomic E-state index is 12.0. The average molecular weight is 288 g/mol. The first-order chi connectivity index (χ1) is 9.66. The van der Waals surface area contributed by atoms with Gasteiger partial charge in [0, 0.05) is 10.4 Å². The summed E-state index contributed by atoms with van der Waals surface area (Å²) in [6.07, 6.45) is 0.212. The first-order valence-electron chi connectivity index (χ1n) is 6.48. The highest BCUT2D eigenvalue weighted by Gasteiger charge is 2.19. The summed E-state index contributed by atoms with van der Waals surface area (Å²) in [7, 11) is 0. The smallest absolute Gasteiger partial charge is 0.306 e. The van der Waals surface area contributed by atoms with Crippen LogP contribution in [0.4, 0.5) is 0 Å². The number of aryl methyl sites for hydroxylation is 1. The number of ether oxygens (including phenoxy) is 1. The number of hydrogen-bond donors (Lipinski definition) is 0. The molecule has 0 aliphatic rings. The van der Waals surface area contributed by atoms with Gasteiger partial charge in [0.05, 0.1) is 6.42 Å². The molecule has 1 atom stereocenters. The first kappa shape index (κ1) is 14.5. The molecule has 2 aromatic rings. The van der Waals surface area contributed by atoms with E-state index in [9.17, 15) is 9.59 Å². The third-order valence-electron chi connectivity index (χ3n) is 2.89. The molecule has 0 amide bonds. The molecule has 4 heteroatoms. The average Bonchev–Trinajstić information content (AvgIpc) is 2.98. The van der Waals surface area contributed by atoms with Gasteiger partial charge >= 0.3 is 5.97 Å². The molecular weight excluding hydrogens is 272 g/mol. The normalized spacial score (nSPS) is 11.8. The van der Waals surface area contributed by atoms with Crippen LogP contribution in [0.2, 0.25) is 0 Å². The quantitative estimate of drug-likeness (QED) is 0.603. The minimum Gasteiger partial charge on any atom is -0.454 e. The lowest BCUT2D eigenvalue weighted by Gasteiger charge is -2.12. The Morgan fingerprint density at radius 2 is 1.90 bits per heavy atom. The van der Waals surface area contributed by atoms with Crippen molar-refractivity contribution < 1.29 is 14.3 Å². The predicted molar refractivity (Wildman–Crippen MR) is 79.0 cm³/mol. The van der Waals surface area contributed by atoms with Gasteiger partial charge in [0.15, 0.2) is 6.10 Å². The molecule has 0 saturated heterocycles. The minimum atomic E-state index is -0.742. The van der Waals surface area contributed by atoms with E-state index in [-0.39, 0.29) is 11.8 Å². The molecule has 104 valence electrons. The fourth-order valence-corrected chi connectivity index (χ4v) is 2.54. The molecule has 3 nitrogen and oxygen atoms in total. The van der Waals surface area contributed by atoms with E-state index in [0.717, 1.165) is 4.88 Å². The van der Waals surface area contributed by atoms with E-state index in [0.29, 0.717) is 18.4 Å². The summed E-state index contributed by atoms with van der Waals surface area (Å²) >= 11 is 1.61. The SMILES string of the molecule is CC(OC(=O)CCc1cccs1)C(=O)c1ccccc1. The molecule has 1 unspecified atom stereocenters. The Hall–Kier alpha value is -1.94. The van der Waals surface area contributed by atoms with Crippen LogP contribution >= 0.6 is 11.3 Å². The van der Waals surface area contributed by atoms with Crippen molar-refractivity contribution in [2.75, 3.05) is 0 Å². The topological polar surface area (TPSA) is 43.4 Å². The number of Topliss-reactive ketones (excluding diaryl/α,β-unsaturated/α-hetero) is 1. The van der Waals surface area contributed by atoms with Gasteiger partial charge in [-0.15, -0.1) is 11.3 Å². The Kier molecular flexibility index (Phi) is 5.07. The Labute approximate surface area is 122 Å². The van der Waals surface area contributed by atoms with Gasteiger partial charge < -0.3 is 4.74 Å². The molecule has 0 aliphatic carbocycles. The molecule has 0 fully saturated rings. The lowest BCUT2D eigenvalue weighted by atomic mass is 10.1. The second-order valence-corrected chi connectivity index (χ2v) is 5.47. The molecular formula is C16H16O3S. The molecule has 0 spiro atoms. The number of carbonyl (C=O) groups excluding carboxylic acids is 2. The summed E-state index contributed by atoms with van der Waals surface area (Å²) < 4.78 is 5.18. The number of thiophene rings is 1. The van der Waals surface area contributed by atoms with Gasteiger partial charge in [-0.2, -0.15) is 0 Å².